The number of anilines is 1. The lowest BCUT2D eigenvalue weighted by atomic mass is 9.52. The zero-order chi connectivity index (χ0) is 22.8. The Bertz CT molecular complexity index is 1350. The molecule has 6 rings (SSSR count). The van der Waals surface area contributed by atoms with Crippen LogP contribution < -0.4 is 5.32 Å². The third-order valence-corrected chi connectivity index (χ3v) is 6.95. The van der Waals surface area contributed by atoms with Crippen LogP contribution in [0.5, 0.6) is 0 Å². The van der Waals surface area contributed by atoms with Gasteiger partial charge in [-0.05, 0) is 43.4 Å². The number of pyridine rings is 1. The van der Waals surface area contributed by atoms with Gasteiger partial charge in [-0.15, -0.1) is 5.10 Å². The first kappa shape index (κ1) is 20.5. The molecule has 8 nitrogen and oxygen atoms in total. The van der Waals surface area contributed by atoms with Crippen molar-refractivity contribution in [3.05, 3.63) is 36.4 Å². The Balaban J connectivity index is 1.23. The van der Waals surface area contributed by atoms with Crippen LogP contribution in [0.4, 0.5) is 14.7 Å². The lowest BCUT2D eigenvalue weighted by molar-refractivity contribution is -0.193. The van der Waals surface area contributed by atoms with Crippen LogP contribution in [0.3, 0.4) is 0 Å². The number of alkyl halides is 2. The fourth-order valence-corrected chi connectivity index (χ4v) is 5.50. The summed E-state index contributed by atoms with van der Waals surface area (Å²) in [5.41, 5.74) is 4.09. The molecule has 1 N–H and O–H groups in total. The molecule has 2 aliphatic carbocycles. The van der Waals surface area contributed by atoms with E-state index in [1.54, 1.807) is 17.8 Å². The van der Waals surface area contributed by atoms with E-state index < -0.39 is 5.92 Å². The van der Waals surface area contributed by atoms with Gasteiger partial charge in [-0.25, -0.2) is 28.2 Å². The number of aryl methyl sites for hydroxylation is 1. The van der Waals surface area contributed by atoms with E-state index in [1.165, 1.54) is 0 Å². The summed E-state index contributed by atoms with van der Waals surface area (Å²) in [6.07, 6.45) is 5.18. The van der Waals surface area contributed by atoms with E-state index in [0.717, 1.165) is 46.6 Å². The van der Waals surface area contributed by atoms with E-state index >= 15 is 0 Å². The fourth-order valence-electron chi connectivity index (χ4n) is 5.50. The lowest BCUT2D eigenvalue weighted by Gasteiger charge is -2.57. The molecule has 0 saturated heterocycles. The highest BCUT2D eigenvalue weighted by Crippen LogP contribution is 2.62. The molecule has 2 saturated carbocycles. The van der Waals surface area contributed by atoms with Gasteiger partial charge in [-0.1, -0.05) is 0 Å². The van der Waals surface area contributed by atoms with Crippen molar-refractivity contribution in [3.8, 4) is 11.3 Å². The minimum absolute atomic E-state index is 0.0142. The van der Waals surface area contributed by atoms with Gasteiger partial charge in [0.25, 0.3) is 0 Å². The number of fused-ring (bicyclic) bond motifs is 2. The van der Waals surface area contributed by atoms with Gasteiger partial charge < -0.3 is 14.6 Å². The molecule has 0 unspecified atom stereocenters. The summed E-state index contributed by atoms with van der Waals surface area (Å²) in [5.74, 6) is -1.07. The van der Waals surface area contributed by atoms with Gasteiger partial charge in [0.2, 0.25) is 11.9 Å². The van der Waals surface area contributed by atoms with Crippen molar-refractivity contribution in [2.24, 2.45) is 5.41 Å². The summed E-state index contributed by atoms with van der Waals surface area (Å²) >= 11 is 0. The first-order valence-electron chi connectivity index (χ1n) is 11.2. The average molecular weight is 453 g/mol. The Kier molecular flexibility index (Phi) is 4.45. The molecule has 10 heteroatoms. The normalized spacial score (nSPS) is 19.2. The van der Waals surface area contributed by atoms with Crippen LogP contribution >= 0.6 is 0 Å². The lowest BCUT2D eigenvalue weighted by Crippen LogP contribution is -2.57. The van der Waals surface area contributed by atoms with Crippen molar-refractivity contribution in [3.63, 3.8) is 0 Å². The number of nitrogens with zero attached hydrogens (tertiary/aromatic N) is 6. The Morgan fingerprint density at radius 1 is 1.18 bits per heavy atom. The van der Waals surface area contributed by atoms with Crippen LogP contribution in [0.15, 0.2) is 30.6 Å². The smallest absolute Gasteiger partial charge is 0.249 e. The first-order valence-corrected chi connectivity index (χ1v) is 11.2. The van der Waals surface area contributed by atoms with Gasteiger partial charge in [0.15, 0.2) is 5.65 Å². The maximum absolute atomic E-state index is 13.2. The Morgan fingerprint density at radius 2 is 2.00 bits per heavy atom. The second-order valence-corrected chi connectivity index (χ2v) is 9.44. The van der Waals surface area contributed by atoms with Crippen LogP contribution in [-0.4, -0.2) is 54.8 Å². The van der Waals surface area contributed by atoms with Crippen LogP contribution in [0.1, 0.15) is 31.5 Å². The maximum Gasteiger partial charge on any atom is 0.249 e. The quantitative estimate of drug-likeness (QED) is 0.474. The van der Waals surface area contributed by atoms with Crippen molar-refractivity contribution < 1.29 is 13.5 Å². The zero-order valence-corrected chi connectivity index (χ0v) is 18.6. The summed E-state index contributed by atoms with van der Waals surface area (Å²) in [6.45, 7) is 3.24. The number of hydrogen-bond acceptors (Lipinski definition) is 6. The van der Waals surface area contributed by atoms with E-state index in [2.05, 4.69) is 25.0 Å². The number of hydrogen-bond donors (Lipinski definition) is 1. The van der Waals surface area contributed by atoms with Gasteiger partial charge in [-0.2, -0.15) is 0 Å². The molecule has 0 radical (unpaired) electrons. The highest BCUT2D eigenvalue weighted by atomic mass is 19.3. The topological polar surface area (TPSA) is 82.2 Å². The second kappa shape index (κ2) is 7.18. The van der Waals surface area contributed by atoms with Crippen LogP contribution in [0.2, 0.25) is 0 Å². The molecular formula is C23H25F2N7O. The monoisotopic (exact) mass is 453 g/mol. The molecule has 4 aromatic rings. The number of nitrogens with one attached hydrogen (secondary N) is 1. The molecule has 0 aromatic carbocycles. The van der Waals surface area contributed by atoms with E-state index in [0.29, 0.717) is 19.1 Å². The van der Waals surface area contributed by atoms with Gasteiger partial charge in [0.1, 0.15) is 11.3 Å². The van der Waals surface area contributed by atoms with E-state index in [4.69, 9.17) is 9.72 Å². The van der Waals surface area contributed by atoms with Gasteiger partial charge >= 0.3 is 0 Å². The number of methoxy groups -OCH3 is 1. The number of rotatable bonds is 6. The fraction of sp³-hybridized carbons (Fsp3) is 0.478. The summed E-state index contributed by atoms with van der Waals surface area (Å²) < 4.78 is 35.5. The Hall–Kier alpha value is -3.14. The number of ether oxygens (including phenoxy) is 1. The Morgan fingerprint density at radius 3 is 2.76 bits per heavy atom. The maximum atomic E-state index is 13.2. The van der Waals surface area contributed by atoms with E-state index in [1.807, 2.05) is 31.3 Å². The first-order chi connectivity index (χ1) is 15.8. The molecule has 172 valence electrons. The third kappa shape index (κ3) is 3.43. The molecule has 2 aliphatic rings. The van der Waals surface area contributed by atoms with Gasteiger partial charge in [0, 0.05) is 44.3 Å². The SMILES string of the molecule is COCCn1c(C)nc2ccc(-c3ccn4nc(NC5CC6(C5)CC(F)(F)C6)ncc34)nc21. The minimum Gasteiger partial charge on any atom is -0.383 e. The van der Waals surface area contributed by atoms with Crippen LogP contribution in [0, 0.1) is 12.3 Å². The van der Waals surface area contributed by atoms with Crippen molar-refractivity contribution in [2.45, 2.75) is 51.1 Å². The number of imidazole rings is 1. The van der Waals surface area contributed by atoms with Gasteiger partial charge in [-0.3, -0.25) is 0 Å². The summed E-state index contributed by atoms with van der Waals surface area (Å²) in [5, 5.41) is 7.87. The van der Waals surface area contributed by atoms with E-state index in [-0.39, 0.29) is 24.3 Å². The molecule has 0 amide bonds. The minimum atomic E-state index is -2.47. The molecule has 0 bridgehead atoms. The highest BCUT2D eigenvalue weighted by molar-refractivity contribution is 5.82. The third-order valence-electron chi connectivity index (χ3n) is 6.95. The Labute approximate surface area is 189 Å². The number of aromatic nitrogens is 6. The largest absolute Gasteiger partial charge is 0.383 e. The van der Waals surface area contributed by atoms with E-state index in [9.17, 15) is 8.78 Å². The molecule has 0 atom stereocenters. The zero-order valence-electron chi connectivity index (χ0n) is 18.6. The molecule has 4 aromatic heterocycles. The van der Waals surface area contributed by atoms with Crippen molar-refractivity contribution in [1.29, 1.82) is 0 Å². The predicted molar refractivity (Wildman–Crippen MR) is 119 cm³/mol. The van der Waals surface area contributed by atoms with Crippen LogP contribution in [-0.2, 0) is 11.3 Å². The molecule has 2 fully saturated rings. The van der Waals surface area contributed by atoms with Crippen molar-refractivity contribution in [2.75, 3.05) is 19.0 Å². The summed E-state index contributed by atoms with van der Waals surface area (Å²) in [4.78, 5) is 14.0. The molecule has 1 spiro atoms. The molecule has 4 heterocycles. The molecule has 0 aliphatic heterocycles. The van der Waals surface area contributed by atoms with Crippen molar-refractivity contribution >= 4 is 22.6 Å². The van der Waals surface area contributed by atoms with Gasteiger partial charge in [0.05, 0.1) is 24.0 Å². The summed E-state index contributed by atoms with van der Waals surface area (Å²) in [6, 6.07) is 6.05. The molecular weight excluding hydrogens is 428 g/mol. The highest BCUT2D eigenvalue weighted by Gasteiger charge is 2.61. The van der Waals surface area contributed by atoms with Crippen LogP contribution in [0.25, 0.3) is 27.9 Å². The molecule has 33 heavy (non-hydrogen) atoms. The van der Waals surface area contributed by atoms with Crippen molar-refractivity contribution in [1.82, 2.24) is 29.1 Å². The second-order valence-electron chi connectivity index (χ2n) is 9.44. The standard InChI is InChI=1S/C23H25F2N7O/c1-14-27-18-4-3-17(29-20(18)31(14)7-8-33-2)16-5-6-32-19(16)11-26-21(30-32)28-15-9-22(10-15)12-23(24,25)13-22/h3-6,11,15H,7-10,12-13H2,1-2H3,(H,28,30). The average Bonchev–Trinajstić information content (AvgIpc) is 3.29. The summed E-state index contributed by atoms with van der Waals surface area (Å²) in [7, 11) is 1.68. The predicted octanol–water partition coefficient (Wildman–Crippen LogP) is 4.09. The number of halogens is 2.